The molecule has 13 heavy (non-hydrogen) atoms. The van der Waals surface area contributed by atoms with Crippen molar-refractivity contribution in [1.82, 2.24) is 0 Å². The molecule has 3 nitrogen and oxygen atoms in total. The van der Waals surface area contributed by atoms with Gasteiger partial charge in [-0.1, -0.05) is 0 Å². The molecule has 0 bridgehead atoms. The molecule has 0 aromatic heterocycles. The lowest BCUT2D eigenvalue weighted by atomic mass is 10.2. The first kappa shape index (κ1) is 11.2. The Balaban J connectivity index is 3.24. The average molecular weight is 254 g/mol. The van der Waals surface area contributed by atoms with Gasteiger partial charge in [0, 0.05) is 4.91 Å². The Kier molecular flexibility index (Phi) is 3.56. The lowest BCUT2D eigenvalue weighted by Gasteiger charge is -2.22. The first-order valence-corrected chi connectivity index (χ1v) is 4.94. The van der Waals surface area contributed by atoms with Gasteiger partial charge in [-0.2, -0.15) is 0 Å². The molecule has 0 amide bonds. The summed E-state index contributed by atoms with van der Waals surface area (Å²) in [6.45, 7) is 0. The highest BCUT2D eigenvalue weighted by Crippen LogP contribution is 2.36. The number of carboxylic acid groups (broad SMARTS) is 1. The number of hydrogen-bond donors (Lipinski definition) is 5. The van der Waals surface area contributed by atoms with Gasteiger partial charge < -0.3 is 9.84 Å². The predicted octanol–water partition coefficient (Wildman–Crippen LogP) is 1.57. The Morgan fingerprint density at radius 1 is 1.38 bits per heavy atom. The summed E-state index contributed by atoms with van der Waals surface area (Å²) in [6.07, 6.45) is 0. The predicted molar refractivity (Wildman–Crippen MR) is 62.5 cm³/mol. The summed E-state index contributed by atoms with van der Waals surface area (Å²) in [5, 5.41) is 8.94. The molecule has 0 spiro atoms. The van der Waals surface area contributed by atoms with Crippen molar-refractivity contribution in [2.45, 2.75) is 5.44 Å². The summed E-state index contributed by atoms with van der Waals surface area (Å²) in [4.78, 5) is 11.1. The average Bonchev–Trinajstić information content (AvgIpc) is 2.01. The Morgan fingerprint density at radius 2 is 1.92 bits per heavy atom. The van der Waals surface area contributed by atoms with E-state index < -0.39 is 11.4 Å². The molecule has 1 aliphatic heterocycles. The second-order valence-electron chi connectivity index (χ2n) is 2.19. The van der Waals surface area contributed by atoms with Crippen molar-refractivity contribution < 1.29 is 14.6 Å². The van der Waals surface area contributed by atoms with E-state index in [2.05, 4.69) is 50.5 Å². The number of carboxylic acids is 1. The quantitative estimate of drug-likeness (QED) is 0.462. The molecule has 1 N–H and O–H groups in total. The van der Waals surface area contributed by atoms with Crippen LogP contribution in [0.4, 0.5) is 0 Å². The monoisotopic (exact) mass is 254 g/mol. The van der Waals surface area contributed by atoms with Crippen molar-refractivity contribution in [3.05, 3.63) is 20.5 Å². The summed E-state index contributed by atoms with van der Waals surface area (Å²) in [6, 6.07) is 0. The standard InChI is InChI=1S/C6H6O3S4/c7-4(8)1-2(10)5(12)9-6(13)3(1)11/h5,10-13H,(H,7,8). The molecule has 1 unspecified atom stereocenters. The SMILES string of the molecule is O=C(O)C1=C(S)C(S)OC(S)=C1S. The molecule has 1 rings (SSSR count). The zero-order valence-corrected chi connectivity index (χ0v) is 9.71. The largest absolute Gasteiger partial charge is 0.478 e. The molecule has 0 saturated heterocycles. The van der Waals surface area contributed by atoms with E-state index in [4.69, 9.17) is 9.84 Å². The van der Waals surface area contributed by atoms with Gasteiger partial charge in [0.1, 0.15) is 0 Å². The van der Waals surface area contributed by atoms with Crippen molar-refractivity contribution in [2.24, 2.45) is 0 Å². The zero-order chi connectivity index (χ0) is 10.2. The number of thiol groups is 4. The van der Waals surface area contributed by atoms with Crippen LogP contribution in [0.3, 0.4) is 0 Å². The Morgan fingerprint density at radius 3 is 2.38 bits per heavy atom. The molecule has 0 aliphatic carbocycles. The lowest BCUT2D eigenvalue weighted by Crippen LogP contribution is -2.17. The third kappa shape index (κ3) is 2.15. The second kappa shape index (κ2) is 4.12. The minimum Gasteiger partial charge on any atom is -0.478 e. The van der Waals surface area contributed by atoms with E-state index in [1.165, 1.54) is 0 Å². The smallest absolute Gasteiger partial charge is 0.337 e. The van der Waals surface area contributed by atoms with Gasteiger partial charge in [-0.15, -0.1) is 50.5 Å². The number of carbonyl (C=O) groups is 1. The lowest BCUT2D eigenvalue weighted by molar-refractivity contribution is -0.132. The van der Waals surface area contributed by atoms with Crippen molar-refractivity contribution in [3.8, 4) is 0 Å². The highest BCUT2D eigenvalue weighted by Gasteiger charge is 2.27. The van der Waals surface area contributed by atoms with Crippen molar-refractivity contribution >= 4 is 56.5 Å². The topological polar surface area (TPSA) is 46.5 Å². The molecule has 1 atom stereocenters. The molecule has 0 aromatic rings. The first-order valence-electron chi connectivity index (χ1n) is 3.09. The van der Waals surface area contributed by atoms with E-state index in [1.54, 1.807) is 0 Å². The molecule has 1 heterocycles. The zero-order valence-electron chi connectivity index (χ0n) is 6.13. The van der Waals surface area contributed by atoms with Gasteiger partial charge in [0.2, 0.25) is 0 Å². The van der Waals surface area contributed by atoms with E-state index >= 15 is 0 Å². The summed E-state index contributed by atoms with van der Waals surface area (Å²) >= 11 is 15.8. The normalized spacial score (nSPS) is 23.2. The van der Waals surface area contributed by atoms with Crippen molar-refractivity contribution in [1.29, 1.82) is 0 Å². The molecular formula is C6H6O3S4. The van der Waals surface area contributed by atoms with Crippen LogP contribution in [0.1, 0.15) is 0 Å². The van der Waals surface area contributed by atoms with Crippen LogP contribution in [0.5, 0.6) is 0 Å². The van der Waals surface area contributed by atoms with Crippen molar-refractivity contribution in [2.75, 3.05) is 0 Å². The highest BCUT2D eigenvalue weighted by molar-refractivity contribution is 7.89. The Bertz CT molecular complexity index is 320. The molecule has 1 aliphatic rings. The fourth-order valence-corrected chi connectivity index (χ4v) is 1.93. The summed E-state index contributed by atoms with van der Waals surface area (Å²) in [5.41, 5.74) is -0.722. The number of hydrogen-bond acceptors (Lipinski definition) is 6. The maximum Gasteiger partial charge on any atom is 0.337 e. The first-order chi connectivity index (χ1) is 5.95. The van der Waals surface area contributed by atoms with Crippen LogP contribution in [-0.2, 0) is 9.53 Å². The molecule has 0 radical (unpaired) electrons. The van der Waals surface area contributed by atoms with Crippen molar-refractivity contribution in [3.63, 3.8) is 0 Å². The third-order valence-electron chi connectivity index (χ3n) is 1.37. The molecule has 72 valence electrons. The fourth-order valence-electron chi connectivity index (χ4n) is 0.780. The number of aliphatic carboxylic acids is 1. The van der Waals surface area contributed by atoms with E-state index in [0.29, 0.717) is 0 Å². The van der Waals surface area contributed by atoms with Gasteiger partial charge in [0.15, 0.2) is 10.5 Å². The summed E-state index contributed by atoms with van der Waals surface area (Å²) in [5.74, 6) is -1.12. The minimum absolute atomic E-state index is 0.0251. The Labute approximate surface area is 96.9 Å². The summed E-state index contributed by atoms with van der Waals surface area (Å²) < 4.78 is 5.03. The van der Waals surface area contributed by atoms with Gasteiger partial charge in [-0.3, -0.25) is 0 Å². The van der Waals surface area contributed by atoms with E-state index in [-0.39, 0.29) is 20.5 Å². The number of ether oxygens (including phenoxy) is 1. The van der Waals surface area contributed by atoms with Gasteiger partial charge in [-0.25, -0.2) is 4.79 Å². The van der Waals surface area contributed by atoms with E-state index in [9.17, 15) is 4.79 Å². The van der Waals surface area contributed by atoms with Crippen LogP contribution in [0.15, 0.2) is 20.5 Å². The van der Waals surface area contributed by atoms with Crippen LogP contribution < -0.4 is 0 Å². The highest BCUT2D eigenvalue weighted by atomic mass is 32.1. The van der Waals surface area contributed by atoms with Gasteiger partial charge >= 0.3 is 5.97 Å². The maximum atomic E-state index is 10.8. The maximum absolute atomic E-state index is 10.8. The molecule has 7 heteroatoms. The van der Waals surface area contributed by atoms with E-state index in [0.717, 1.165) is 0 Å². The summed E-state index contributed by atoms with van der Waals surface area (Å²) in [7, 11) is 0. The molecular weight excluding hydrogens is 248 g/mol. The molecule has 0 saturated carbocycles. The minimum atomic E-state index is -1.12. The van der Waals surface area contributed by atoms with Crippen LogP contribution in [0.25, 0.3) is 0 Å². The van der Waals surface area contributed by atoms with Gasteiger partial charge in [-0.05, 0) is 0 Å². The van der Waals surface area contributed by atoms with Gasteiger partial charge in [0.05, 0.1) is 10.5 Å². The van der Waals surface area contributed by atoms with Crippen LogP contribution in [0.2, 0.25) is 0 Å². The number of rotatable bonds is 1. The second-order valence-corrected chi connectivity index (χ2v) is 3.99. The van der Waals surface area contributed by atoms with Crippen LogP contribution in [-0.4, -0.2) is 16.5 Å². The third-order valence-corrected chi connectivity index (χ3v) is 3.32. The van der Waals surface area contributed by atoms with Gasteiger partial charge in [0.25, 0.3) is 0 Å². The van der Waals surface area contributed by atoms with Crippen LogP contribution >= 0.6 is 50.5 Å². The Hall–Kier alpha value is 0.150. The van der Waals surface area contributed by atoms with E-state index in [1.807, 2.05) is 0 Å². The van der Waals surface area contributed by atoms with Crippen LogP contribution in [0, 0.1) is 0 Å². The fraction of sp³-hybridized carbons (Fsp3) is 0.167. The molecule has 0 fully saturated rings. The molecule has 0 aromatic carbocycles.